The average molecular weight is 200 g/mol. The minimum atomic E-state index is -0.868. The monoisotopic (exact) mass is 200 g/mol. The first kappa shape index (κ1) is 9.42. The predicted molar refractivity (Wildman–Crippen MR) is 45.5 cm³/mol. The van der Waals surface area contributed by atoms with Crippen molar-refractivity contribution in [3.63, 3.8) is 0 Å². The highest BCUT2D eigenvalue weighted by molar-refractivity contribution is 5.76. The van der Waals surface area contributed by atoms with Gasteiger partial charge in [-0.25, -0.2) is 10.0 Å². The molecule has 0 radical (unpaired) electrons. The molecule has 0 aromatic rings. The van der Waals surface area contributed by atoms with Crippen LogP contribution in [0.2, 0.25) is 0 Å². The highest BCUT2D eigenvalue weighted by Crippen LogP contribution is 2.28. The molecule has 2 unspecified atom stereocenters. The van der Waals surface area contributed by atoms with Gasteiger partial charge in [0.05, 0.1) is 0 Å². The summed E-state index contributed by atoms with van der Waals surface area (Å²) in [7, 11) is 0. The smallest absolute Gasteiger partial charge is 0.322 e. The van der Waals surface area contributed by atoms with Gasteiger partial charge < -0.3 is 10.2 Å². The van der Waals surface area contributed by atoms with Crippen LogP contribution in [0.15, 0.2) is 0 Å². The molecule has 0 amide bonds. The Morgan fingerprint density at radius 3 is 1.43 bits per heavy atom. The molecule has 14 heavy (non-hydrogen) atoms. The number of hydrogen-bond donors (Lipinski definition) is 2. The lowest BCUT2D eigenvalue weighted by Gasteiger charge is -2.52. The van der Waals surface area contributed by atoms with Gasteiger partial charge in [-0.1, -0.05) is 0 Å². The molecule has 2 saturated heterocycles. The molecule has 2 aliphatic rings. The number of rotatable bonds is 3. The number of aliphatic carboxylic acids is 2. The minimum Gasteiger partial charge on any atom is -0.480 e. The van der Waals surface area contributed by atoms with E-state index >= 15 is 0 Å². The van der Waals surface area contributed by atoms with Gasteiger partial charge in [-0.2, -0.15) is 0 Å². The zero-order valence-corrected chi connectivity index (χ0v) is 7.59. The Morgan fingerprint density at radius 1 is 0.929 bits per heavy atom. The Bertz CT molecular complexity index is 253. The molecular weight excluding hydrogens is 188 g/mol. The van der Waals surface area contributed by atoms with Crippen molar-refractivity contribution < 1.29 is 19.8 Å². The SMILES string of the molecule is O=C(O)C1CCN1N1CCC1C(=O)O. The third kappa shape index (κ3) is 1.27. The molecule has 6 heteroatoms. The molecule has 2 atom stereocenters. The summed E-state index contributed by atoms with van der Waals surface area (Å²) in [5, 5.41) is 20.8. The molecule has 2 aliphatic heterocycles. The van der Waals surface area contributed by atoms with Gasteiger partial charge in [-0.05, 0) is 12.8 Å². The molecule has 0 saturated carbocycles. The summed E-state index contributed by atoms with van der Waals surface area (Å²) in [5.74, 6) is -1.74. The van der Waals surface area contributed by atoms with E-state index in [-0.39, 0.29) is 0 Å². The zero-order chi connectivity index (χ0) is 10.3. The Hall–Kier alpha value is -1.14. The van der Waals surface area contributed by atoms with Crippen LogP contribution in [0.3, 0.4) is 0 Å². The van der Waals surface area contributed by atoms with Crippen molar-refractivity contribution in [3.8, 4) is 0 Å². The number of hydrogen-bond acceptors (Lipinski definition) is 4. The van der Waals surface area contributed by atoms with Gasteiger partial charge in [-0.15, -0.1) is 0 Å². The van der Waals surface area contributed by atoms with Gasteiger partial charge in [-0.3, -0.25) is 9.59 Å². The van der Waals surface area contributed by atoms with Gasteiger partial charge in [0.1, 0.15) is 12.1 Å². The fourth-order valence-electron chi connectivity index (χ4n) is 1.86. The number of nitrogens with zero attached hydrogens (tertiary/aromatic N) is 2. The quantitative estimate of drug-likeness (QED) is 0.622. The van der Waals surface area contributed by atoms with Crippen LogP contribution < -0.4 is 0 Å². The maximum absolute atomic E-state index is 10.7. The largest absolute Gasteiger partial charge is 0.480 e. The molecule has 78 valence electrons. The summed E-state index contributed by atoms with van der Waals surface area (Å²) in [6.45, 7) is 1.31. The van der Waals surface area contributed by atoms with Gasteiger partial charge in [0.2, 0.25) is 0 Å². The van der Waals surface area contributed by atoms with Crippen LogP contribution in [-0.4, -0.2) is 57.3 Å². The first-order valence-electron chi connectivity index (χ1n) is 4.60. The van der Waals surface area contributed by atoms with Crippen LogP contribution in [0, 0.1) is 0 Å². The summed E-state index contributed by atoms with van der Waals surface area (Å²) < 4.78 is 0. The molecule has 0 aliphatic carbocycles. The van der Waals surface area contributed by atoms with Gasteiger partial charge >= 0.3 is 11.9 Å². The molecule has 0 bridgehead atoms. The molecule has 6 nitrogen and oxygen atoms in total. The van der Waals surface area contributed by atoms with E-state index in [2.05, 4.69) is 0 Å². The second kappa shape index (κ2) is 3.21. The first-order chi connectivity index (χ1) is 6.61. The molecular formula is C8H12N2O4. The summed E-state index contributed by atoms with van der Waals surface area (Å²) in [4.78, 5) is 21.4. The Balaban J connectivity index is 1.96. The maximum atomic E-state index is 10.7. The Morgan fingerprint density at radius 2 is 1.29 bits per heavy atom. The fraction of sp³-hybridized carbons (Fsp3) is 0.750. The molecule has 2 N–H and O–H groups in total. The lowest BCUT2D eigenvalue weighted by molar-refractivity contribution is -0.207. The van der Waals surface area contributed by atoms with Crippen molar-refractivity contribution in [2.45, 2.75) is 24.9 Å². The van der Waals surface area contributed by atoms with Crippen molar-refractivity contribution in [2.75, 3.05) is 13.1 Å². The molecule has 0 aromatic heterocycles. The van der Waals surface area contributed by atoms with Crippen LogP contribution in [0.1, 0.15) is 12.8 Å². The zero-order valence-electron chi connectivity index (χ0n) is 7.59. The highest BCUT2D eigenvalue weighted by atomic mass is 16.4. The summed E-state index contributed by atoms with van der Waals surface area (Å²) in [6.07, 6.45) is 1.22. The topological polar surface area (TPSA) is 81.1 Å². The molecule has 2 heterocycles. The van der Waals surface area contributed by atoms with E-state index in [1.54, 1.807) is 10.0 Å². The number of hydrazine groups is 1. The normalized spacial score (nSPS) is 33.1. The van der Waals surface area contributed by atoms with Crippen LogP contribution in [0.25, 0.3) is 0 Å². The lowest BCUT2D eigenvalue weighted by Crippen LogP contribution is -2.69. The number of carboxylic acid groups (broad SMARTS) is 2. The molecule has 2 rings (SSSR count). The van der Waals surface area contributed by atoms with Crippen LogP contribution in [0.5, 0.6) is 0 Å². The highest BCUT2D eigenvalue weighted by Gasteiger charge is 2.46. The number of carbonyl (C=O) groups is 2. The van der Waals surface area contributed by atoms with E-state index in [0.717, 1.165) is 0 Å². The summed E-state index contributed by atoms with van der Waals surface area (Å²) in [6, 6.07) is -1.03. The standard InChI is InChI=1S/C8H12N2O4/c11-7(12)5-1-3-9(5)10-4-2-6(10)8(13)14/h5-6H,1-4H2,(H,11,12)(H,13,14). The number of carboxylic acids is 2. The third-order valence-corrected chi connectivity index (χ3v) is 2.88. The van der Waals surface area contributed by atoms with Gasteiger partial charge in [0.15, 0.2) is 0 Å². The molecule has 0 spiro atoms. The van der Waals surface area contributed by atoms with Crippen molar-refractivity contribution in [3.05, 3.63) is 0 Å². The Labute approximate surface area is 80.7 Å². The van der Waals surface area contributed by atoms with Crippen molar-refractivity contribution in [2.24, 2.45) is 0 Å². The van der Waals surface area contributed by atoms with E-state index in [9.17, 15) is 9.59 Å². The third-order valence-electron chi connectivity index (χ3n) is 2.88. The summed E-state index contributed by atoms with van der Waals surface area (Å²) in [5.41, 5.74) is 0. The van der Waals surface area contributed by atoms with Crippen molar-refractivity contribution in [1.29, 1.82) is 0 Å². The van der Waals surface area contributed by atoms with Crippen LogP contribution in [-0.2, 0) is 9.59 Å². The predicted octanol–water partition coefficient (Wildman–Crippen LogP) is -0.781. The maximum Gasteiger partial charge on any atom is 0.322 e. The van der Waals surface area contributed by atoms with E-state index in [1.807, 2.05) is 0 Å². The average Bonchev–Trinajstić information content (AvgIpc) is 1.92. The second-order valence-corrected chi connectivity index (χ2v) is 3.61. The van der Waals surface area contributed by atoms with Crippen molar-refractivity contribution in [1.82, 2.24) is 10.0 Å². The Kier molecular flexibility index (Phi) is 2.16. The minimum absolute atomic E-state index is 0.517. The van der Waals surface area contributed by atoms with E-state index in [4.69, 9.17) is 10.2 Å². The van der Waals surface area contributed by atoms with E-state index in [1.165, 1.54) is 0 Å². The second-order valence-electron chi connectivity index (χ2n) is 3.61. The lowest BCUT2D eigenvalue weighted by atomic mass is 10.0. The van der Waals surface area contributed by atoms with Crippen molar-refractivity contribution >= 4 is 11.9 Å². The molecule has 2 fully saturated rings. The summed E-state index contributed by atoms with van der Waals surface area (Å²) >= 11 is 0. The van der Waals surface area contributed by atoms with Crippen LogP contribution in [0.4, 0.5) is 0 Å². The van der Waals surface area contributed by atoms with Gasteiger partial charge in [0, 0.05) is 13.1 Å². The van der Waals surface area contributed by atoms with E-state index in [0.29, 0.717) is 25.9 Å². The molecule has 0 aromatic carbocycles. The fourth-order valence-corrected chi connectivity index (χ4v) is 1.86. The van der Waals surface area contributed by atoms with Gasteiger partial charge in [0.25, 0.3) is 0 Å². The van der Waals surface area contributed by atoms with Crippen LogP contribution >= 0.6 is 0 Å². The van der Waals surface area contributed by atoms with E-state index < -0.39 is 24.0 Å². The first-order valence-corrected chi connectivity index (χ1v) is 4.60.